The molecule has 0 saturated carbocycles. The summed E-state index contributed by atoms with van der Waals surface area (Å²) >= 11 is 0. The zero-order chi connectivity index (χ0) is 31.0. The van der Waals surface area contributed by atoms with E-state index in [1.165, 1.54) is 10.2 Å². The number of aromatic nitrogens is 1. The van der Waals surface area contributed by atoms with Gasteiger partial charge in [0.1, 0.15) is 0 Å². The number of carbonyl (C=O) groups excluding carboxylic acids is 1. The number of nitrogens with two attached hydrogens (primary N) is 1. The second-order valence-electron chi connectivity index (χ2n) is 11.7. The lowest BCUT2D eigenvalue weighted by atomic mass is 9.91. The summed E-state index contributed by atoms with van der Waals surface area (Å²) in [5, 5.41) is 9.94. The van der Waals surface area contributed by atoms with E-state index in [0.717, 1.165) is 33.4 Å². The van der Waals surface area contributed by atoms with Gasteiger partial charge in [0.2, 0.25) is 10.0 Å². The second-order valence-corrected chi connectivity index (χ2v) is 13.5. The van der Waals surface area contributed by atoms with Crippen molar-refractivity contribution in [3.8, 4) is 28.3 Å². The topological polar surface area (TPSA) is 109 Å². The number of benzene rings is 4. The van der Waals surface area contributed by atoms with Crippen molar-refractivity contribution in [1.82, 2.24) is 8.87 Å². The van der Waals surface area contributed by atoms with Gasteiger partial charge in [0.25, 0.3) is 5.91 Å². The number of carbonyl (C=O) groups is 1. The van der Waals surface area contributed by atoms with E-state index in [4.69, 9.17) is 5.73 Å². The average Bonchev–Trinajstić information content (AvgIpc) is 3.41. The van der Waals surface area contributed by atoms with E-state index in [1.807, 2.05) is 86.6 Å². The van der Waals surface area contributed by atoms with Crippen LogP contribution < -0.4 is 5.73 Å². The van der Waals surface area contributed by atoms with Crippen molar-refractivity contribution >= 4 is 26.8 Å². The second kappa shape index (κ2) is 11.8. The van der Waals surface area contributed by atoms with Crippen molar-refractivity contribution in [1.29, 1.82) is 5.26 Å². The normalized spacial score (nSPS) is 14.1. The first-order valence-electron chi connectivity index (χ1n) is 14.7. The zero-order valence-electron chi connectivity index (χ0n) is 24.8. The fourth-order valence-corrected chi connectivity index (χ4v) is 7.29. The number of nitriles is 1. The molecule has 2 heterocycles. The first kappa shape index (κ1) is 29.4. The van der Waals surface area contributed by atoms with Gasteiger partial charge in [-0.2, -0.15) is 5.26 Å². The molecule has 6 rings (SSSR count). The van der Waals surface area contributed by atoms with Gasteiger partial charge in [0, 0.05) is 30.7 Å². The Bertz CT molecular complexity index is 2000. The summed E-state index contributed by atoms with van der Waals surface area (Å²) in [6.45, 7) is 5.02. The third-order valence-corrected chi connectivity index (χ3v) is 10.0. The smallest absolute Gasteiger partial charge is 0.256 e. The number of amides is 1. The third-order valence-electron chi connectivity index (χ3n) is 8.42. The maximum Gasteiger partial charge on any atom is 0.256 e. The highest BCUT2D eigenvalue weighted by molar-refractivity contribution is 7.89. The lowest BCUT2D eigenvalue weighted by molar-refractivity contribution is 0.0716. The maximum absolute atomic E-state index is 14.1. The van der Waals surface area contributed by atoms with Crippen molar-refractivity contribution in [2.75, 3.05) is 13.1 Å². The highest BCUT2D eigenvalue weighted by atomic mass is 32.2. The zero-order valence-corrected chi connectivity index (χ0v) is 25.6. The van der Waals surface area contributed by atoms with E-state index in [2.05, 4.69) is 6.07 Å². The van der Waals surface area contributed by atoms with Gasteiger partial charge in [0.15, 0.2) is 0 Å². The highest BCUT2D eigenvalue weighted by Crippen LogP contribution is 2.39. The Hall–Kier alpha value is -4.71. The number of nitrogens with zero attached hydrogens (tertiary/aromatic N) is 3. The van der Waals surface area contributed by atoms with Gasteiger partial charge >= 0.3 is 0 Å². The molecule has 4 aromatic carbocycles. The minimum absolute atomic E-state index is 0.0512. The van der Waals surface area contributed by atoms with E-state index >= 15 is 0 Å². The van der Waals surface area contributed by atoms with E-state index in [1.54, 1.807) is 17.0 Å². The van der Waals surface area contributed by atoms with Crippen LogP contribution in [0, 0.1) is 25.2 Å². The summed E-state index contributed by atoms with van der Waals surface area (Å²) in [7, 11) is -3.91. The molecule has 0 spiro atoms. The van der Waals surface area contributed by atoms with Gasteiger partial charge in [0.05, 0.1) is 28.5 Å². The first-order chi connectivity index (χ1) is 21.1. The lowest BCUT2D eigenvalue weighted by Gasteiger charge is -2.30. The summed E-state index contributed by atoms with van der Waals surface area (Å²) in [5.74, 6) is -0.416. The molecule has 0 atom stereocenters. The Labute approximate surface area is 258 Å². The van der Waals surface area contributed by atoms with Crippen molar-refractivity contribution < 1.29 is 13.2 Å². The molecule has 0 aliphatic carbocycles. The number of piperidine rings is 1. The molecule has 0 bridgehead atoms. The summed E-state index contributed by atoms with van der Waals surface area (Å²) in [5.41, 5.74) is 13.7. The molecule has 222 valence electrons. The fraction of sp³-hybridized carbons (Fsp3) is 0.222. The summed E-state index contributed by atoms with van der Waals surface area (Å²) in [6, 6.07) is 28.8. The first-order valence-corrected chi connectivity index (χ1v) is 16.3. The molecule has 1 fully saturated rings. The number of hydrogen-bond acceptors (Lipinski definition) is 5. The molecule has 1 saturated heterocycles. The van der Waals surface area contributed by atoms with Crippen LogP contribution in [0.4, 0.5) is 0 Å². The number of fused-ring (bicyclic) bond motifs is 1. The predicted molar refractivity (Wildman–Crippen MR) is 175 cm³/mol. The Balaban J connectivity index is 1.59. The van der Waals surface area contributed by atoms with Gasteiger partial charge < -0.3 is 10.6 Å². The molecule has 8 heteroatoms. The Kier molecular flexibility index (Phi) is 7.85. The molecule has 7 nitrogen and oxygen atoms in total. The molecule has 1 amide bonds. The predicted octanol–water partition coefficient (Wildman–Crippen LogP) is 6.41. The van der Waals surface area contributed by atoms with Crippen molar-refractivity contribution in [3.63, 3.8) is 0 Å². The summed E-state index contributed by atoms with van der Waals surface area (Å²) in [6.07, 6.45) is 2.89. The minimum atomic E-state index is -3.91. The molecule has 5 aromatic rings. The number of rotatable bonds is 6. The number of likely N-dealkylation sites (tertiary alicyclic amines) is 1. The van der Waals surface area contributed by atoms with E-state index < -0.39 is 10.0 Å². The molecule has 44 heavy (non-hydrogen) atoms. The summed E-state index contributed by atoms with van der Waals surface area (Å²) < 4.78 is 29.4. The van der Waals surface area contributed by atoms with Crippen LogP contribution in [0.2, 0.25) is 0 Å². The summed E-state index contributed by atoms with van der Waals surface area (Å²) in [4.78, 5) is 15.8. The van der Waals surface area contributed by atoms with Crippen LogP contribution in [0.1, 0.15) is 45.5 Å². The molecule has 0 unspecified atom stereocenters. The molecule has 1 aliphatic rings. The van der Waals surface area contributed by atoms with Gasteiger partial charge in [-0.05, 0) is 78.8 Å². The van der Waals surface area contributed by atoms with Crippen LogP contribution >= 0.6 is 0 Å². The Morgan fingerprint density at radius 3 is 2.00 bits per heavy atom. The van der Waals surface area contributed by atoms with Crippen LogP contribution in [0.15, 0.2) is 91.1 Å². The molecule has 2 N–H and O–H groups in total. The number of hydrogen-bond donors (Lipinski definition) is 1. The van der Waals surface area contributed by atoms with Crippen LogP contribution in [0.5, 0.6) is 0 Å². The quantitative estimate of drug-likeness (QED) is 0.242. The molecular formula is C36H34N4O3S. The highest BCUT2D eigenvalue weighted by Gasteiger charge is 2.28. The van der Waals surface area contributed by atoms with Gasteiger partial charge in [-0.15, -0.1) is 0 Å². The average molecular weight is 603 g/mol. The number of aryl methyl sites for hydroxylation is 2. The van der Waals surface area contributed by atoms with Crippen molar-refractivity contribution in [3.05, 3.63) is 119 Å². The van der Waals surface area contributed by atoms with Gasteiger partial charge in [-0.1, -0.05) is 71.8 Å². The lowest BCUT2D eigenvalue weighted by Crippen LogP contribution is -2.42. The van der Waals surface area contributed by atoms with Crippen LogP contribution in [-0.4, -0.2) is 42.3 Å². The fourth-order valence-electron chi connectivity index (χ4n) is 5.82. The van der Waals surface area contributed by atoms with Crippen molar-refractivity contribution in [2.24, 2.45) is 5.73 Å². The monoisotopic (exact) mass is 602 g/mol. The van der Waals surface area contributed by atoms with Crippen LogP contribution in [-0.2, 0) is 15.8 Å². The van der Waals surface area contributed by atoms with Crippen LogP contribution in [0.3, 0.4) is 0 Å². The molecule has 0 radical (unpaired) electrons. The van der Waals surface area contributed by atoms with Crippen LogP contribution in [0.25, 0.3) is 33.2 Å². The maximum atomic E-state index is 14.1. The minimum Gasteiger partial charge on any atom is -0.338 e. The molecular weight excluding hydrogens is 568 g/mol. The van der Waals surface area contributed by atoms with E-state index in [0.29, 0.717) is 53.5 Å². The van der Waals surface area contributed by atoms with E-state index in [-0.39, 0.29) is 17.7 Å². The Morgan fingerprint density at radius 2 is 1.41 bits per heavy atom. The third kappa shape index (κ3) is 5.77. The van der Waals surface area contributed by atoms with Gasteiger partial charge in [-0.25, -0.2) is 12.4 Å². The largest absolute Gasteiger partial charge is 0.338 e. The standard InChI is InChI=1S/C36H34N4O3S/c1-24-3-7-27(8-4-24)23-44(42,43)40-22-34(36(41)39-17-15-30(38)16-18-39)33-19-31(29-13-9-26(21-37)10-14-29)32(20-35(33)40)28-11-5-25(2)6-12-28/h3-14,19-20,22,30H,15-18,23,38H2,1-2H3. The SMILES string of the molecule is Cc1ccc(CS(=O)(=O)n2cc(C(=O)N3CCC(N)CC3)c3cc(-c4ccc(C#N)cc4)c(-c4ccc(C)cc4)cc32)cc1. The Morgan fingerprint density at radius 1 is 0.864 bits per heavy atom. The molecule has 1 aromatic heterocycles. The van der Waals surface area contributed by atoms with E-state index in [9.17, 15) is 18.5 Å². The molecule has 1 aliphatic heterocycles. The van der Waals surface area contributed by atoms with Gasteiger partial charge in [-0.3, -0.25) is 4.79 Å². The van der Waals surface area contributed by atoms with Crippen molar-refractivity contribution in [2.45, 2.75) is 38.5 Å².